The van der Waals surface area contributed by atoms with E-state index in [1.807, 2.05) is 13.8 Å². The molecule has 4 N–H and O–H groups in total. The number of aromatic nitrogens is 3. The molecule has 8 heteroatoms. The third kappa shape index (κ3) is 6.35. The highest BCUT2D eigenvalue weighted by molar-refractivity contribution is 5.94. The van der Waals surface area contributed by atoms with Crippen LogP contribution in [0.4, 0.5) is 4.79 Å². The van der Waals surface area contributed by atoms with Crippen molar-refractivity contribution in [2.24, 2.45) is 5.73 Å². The first-order chi connectivity index (χ1) is 10.1. The fraction of sp³-hybridized carbons (Fsp3) is 0.692. The Bertz CT molecular complexity index is 459. The molecule has 21 heavy (non-hydrogen) atoms. The molecule has 0 fully saturated rings. The van der Waals surface area contributed by atoms with Gasteiger partial charge in [-0.1, -0.05) is 31.9 Å². The quantitative estimate of drug-likeness (QED) is 0.611. The van der Waals surface area contributed by atoms with Gasteiger partial charge in [0.25, 0.3) is 0 Å². The Morgan fingerprint density at radius 1 is 1.38 bits per heavy atom. The summed E-state index contributed by atoms with van der Waals surface area (Å²) >= 11 is 0. The van der Waals surface area contributed by atoms with E-state index in [2.05, 4.69) is 20.9 Å². The molecule has 1 unspecified atom stereocenters. The van der Waals surface area contributed by atoms with E-state index >= 15 is 0 Å². The highest BCUT2D eigenvalue weighted by Crippen LogP contribution is 2.11. The van der Waals surface area contributed by atoms with Crippen molar-refractivity contribution < 1.29 is 9.59 Å². The molecule has 0 saturated heterocycles. The fourth-order valence-corrected chi connectivity index (χ4v) is 1.76. The summed E-state index contributed by atoms with van der Waals surface area (Å²) in [4.78, 5) is 23.1. The summed E-state index contributed by atoms with van der Waals surface area (Å²) in [6.07, 6.45) is 5.25. The van der Waals surface area contributed by atoms with Gasteiger partial charge >= 0.3 is 6.03 Å². The number of urea groups is 1. The first-order valence-corrected chi connectivity index (χ1v) is 7.30. The summed E-state index contributed by atoms with van der Waals surface area (Å²) in [6, 6.07) is -0.666. The molecular weight excluding hydrogens is 272 g/mol. The summed E-state index contributed by atoms with van der Waals surface area (Å²) < 4.78 is 1.37. The Kier molecular flexibility index (Phi) is 7.38. The number of hydrogen-bond acceptors (Lipinski definition) is 5. The molecule has 8 nitrogen and oxygen atoms in total. The molecule has 0 aliphatic carbocycles. The minimum Gasteiger partial charge on any atom is -0.338 e. The lowest BCUT2D eigenvalue weighted by Gasteiger charge is -2.06. The van der Waals surface area contributed by atoms with Crippen LogP contribution in [0.2, 0.25) is 0 Å². The lowest BCUT2D eigenvalue weighted by Crippen LogP contribution is -2.41. The van der Waals surface area contributed by atoms with Crippen LogP contribution in [0.5, 0.6) is 0 Å². The monoisotopic (exact) mass is 296 g/mol. The van der Waals surface area contributed by atoms with Crippen molar-refractivity contribution in [3.05, 3.63) is 11.9 Å². The fourth-order valence-electron chi connectivity index (χ4n) is 1.76. The zero-order chi connectivity index (χ0) is 15.7. The van der Waals surface area contributed by atoms with E-state index < -0.39 is 11.9 Å². The highest BCUT2D eigenvalue weighted by atomic mass is 16.2. The number of nitrogens with one attached hydrogen (secondary N) is 2. The predicted molar refractivity (Wildman–Crippen MR) is 78.3 cm³/mol. The molecule has 0 bridgehead atoms. The van der Waals surface area contributed by atoms with Gasteiger partial charge in [-0.3, -0.25) is 10.1 Å². The Hall–Kier alpha value is -1.96. The van der Waals surface area contributed by atoms with Gasteiger partial charge in [0, 0.05) is 6.54 Å². The average molecular weight is 296 g/mol. The molecule has 0 aliphatic rings. The van der Waals surface area contributed by atoms with E-state index in [4.69, 9.17) is 5.73 Å². The number of amides is 3. The third-order valence-corrected chi connectivity index (χ3v) is 2.91. The lowest BCUT2D eigenvalue weighted by molar-refractivity contribution is -0.120. The molecule has 1 rings (SSSR count). The van der Waals surface area contributed by atoms with Gasteiger partial charge < -0.3 is 11.1 Å². The minimum absolute atomic E-state index is 0.0625. The van der Waals surface area contributed by atoms with Crippen LogP contribution in [0.15, 0.2) is 6.20 Å². The first-order valence-electron chi connectivity index (χ1n) is 7.30. The maximum absolute atomic E-state index is 11.7. The van der Waals surface area contributed by atoms with Crippen LogP contribution < -0.4 is 16.4 Å². The SMILES string of the molecule is CCCCNC(=O)NC(=O)Cn1cc(C(N)CCC)nn1. The zero-order valence-electron chi connectivity index (χ0n) is 12.6. The van der Waals surface area contributed by atoms with E-state index in [1.165, 1.54) is 4.68 Å². The second-order valence-electron chi connectivity index (χ2n) is 4.89. The van der Waals surface area contributed by atoms with Crippen molar-refractivity contribution in [3.8, 4) is 0 Å². The van der Waals surface area contributed by atoms with Crippen LogP contribution in [0, 0.1) is 0 Å². The number of unbranched alkanes of at least 4 members (excludes halogenated alkanes) is 1. The van der Waals surface area contributed by atoms with Crippen molar-refractivity contribution in [1.29, 1.82) is 0 Å². The minimum atomic E-state index is -0.489. The average Bonchev–Trinajstić information content (AvgIpc) is 2.87. The second-order valence-corrected chi connectivity index (χ2v) is 4.89. The van der Waals surface area contributed by atoms with Crippen molar-refractivity contribution >= 4 is 11.9 Å². The zero-order valence-corrected chi connectivity index (χ0v) is 12.6. The standard InChI is InChI=1S/C13H24N6O2/c1-3-5-7-15-13(21)16-12(20)9-19-8-11(17-18-19)10(14)6-4-2/h8,10H,3-7,9,14H2,1-2H3,(H2,15,16,20,21). The molecule has 0 spiro atoms. The molecule has 1 aromatic heterocycles. The Balaban J connectivity index is 2.39. The summed E-state index contributed by atoms with van der Waals surface area (Å²) in [5.74, 6) is -0.440. The number of nitrogens with zero attached hydrogens (tertiary/aromatic N) is 3. The lowest BCUT2D eigenvalue weighted by atomic mass is 10.1. The van der Waals surface area contributed by atoms with Gasteiger partial charge in [0.1, 0.15) is 6.54 Å². The van der Waals surface area contributed by atoms with E-state index in [0.717, 1.165) is 25.7 Å². The van der Waals surface area contributed by atoms with Crippen LogP contribution >= 0.6 is 0 Å². The normalized spacial score (nSPS) is 12.0. The number of imide groups is 1. The largest absolute Gasteiger partial charge is 0.338 e. The van der Waals surface area contributed by atoms with Crippen molar-refractivity contribution in [1.82, 2.24) is 25.6 Å². The number of hydrogen-bond donors (Lipinski definition) is 3. The van der Waals surface area contributed by atoms with E-state index in [-0.39, 0.29) is 12.6 Å². The van der Waals surface area contributed by atoms with Crippen LogP contribution in [-0.4, -0.2) is 33.5 Å². The van der Waals surface area contributed by atoms with Crippen LogP contribution in [0.1, 0.15) is 51.3 Å². The Morgan fingerprint density at radius 3 is 2.81 bits per heavy atom. The number of nitrogens with two attached hydrogens (primary N) is 1. The topological polar surface area (TPSA) is 115 Å². The number of rotatable bonds is 8. The smallest absolute Gasteiger partial charge is 0.321 e. The third-order valence-electron chi connectivity index (χ3n) is 2.91. The molecule has 1 heterocycles. The van der Waals surface area contributed by atoms with Crippen molar-refractivity contribution in [2.75, 3.05) is 6.54 Å². The summed E-state index contributed by atoms with van der Waals surface area (Å²) in [5.41, 5.74) is 6.57. The summed E-state index contributed by atoms with van der Waals surface area (Å²) in [6.45, 7) is 4.55. The number of carbonyl (C=O) groups is 2. The molecule has 0 aliphatic heterocycles. The van der Waals surface area contributed by atoms with Gasteiger partial charge in [-0.15, -0.1) is 5.10 Å². The summed E-state index contributed by atoms with van der Waals surface area (Å²) in [7, 11) is 0. The molecule has 118 valence electrons. The maximum Gasteiger partial charge on any atom is 0.321 e. The van der Waals surface area contributed by atoms with Gasteiger partial charge in [-0.25, -0.2) is 9.48 Å². The summed E-state index contributed by atoms with van der Waals surface area (Å²) in [5, 5.41) is 12.6. The van der Waals surface area contributed by atoms with Gasteiger partial charge in [0.15, 0.2) is 0 Å². The second kappa shape index (κ2) is 9.06. The first kappa shape index (κ1) is 17.1. The molecule has 3 amide bonds. The van der Waals surface area contributed by atoms with Crippen LogP contribution in [0.3, 0.4) is 0 Å². The van der Waals surface area contributed by atoms with E-state index in [0.29, 0.717) is 12.2 Å². The highest BCUT2D eigenvalue weighted by Gasteiger charge is 2.12. The molecule has 0 aromatic carbocycles. The Labute approximate surface area is 124 Å². The van der Waals surface area contributed by atoms with Crippen molar-refractivity contribution in [2.45, 2.75) is 52.1 Å². The van der Waals surface area contributed by atoms with E-state index in [9.17, 15) is 9.59 Å². The molecular formula is C13H24N6O2. The van der Waals surface area contributed by atoms with Crippen LogP contribution in [0.25, 0.3) is 0 Å². The molecule has 0 radical (unpaired) electrons. The predicted octanol–water partition coefficient (Wildman–Crippen LogP) is 0.704. The van der Waals surface area contributed by atoms with Gasteiger partial charge in [-0.2, -0.15) is 0 Å². The van der Waals surface area contributed by atoms with Crippen LogP contribution in [-0.2, 0) is 11.3 Å². The molecule has 1 aromatic rings. The Morgan fingerprint density at radius 2 is 2.14 bits per heavy atom. The molecule has 0 saturated carbocycles. The maximum atomic E-state index is 11.7. The van der Waals surface area contributed by atoms with Gasteiger partial charge in [0.2, 0.25) is 5.91 Å². The number of carbonyl (C=O) groups excluding carboxylic acids is 2. The van der Waals surface area contributed by atoms with Crippen molar-refractivity contribution in [3.63, 3.8) is 0 Å². The van der Waals surface area contributed by atoms with E-state index in [1.54, 1.807) is 6.20 Å². The van der Waals surface area contributed by atoms with Gasteiger partial charge in [-0.05, 0) is 12.8 Å². The van der Waals surface area contributed by atoms with Gasteiger partial charge in [0.05, 0.1) is 17.9 Å². The molecule has 1 atom stereocenters.